The zero-order valence-electron chi connectivity index (χ0n) is 11.1. The molecule has 0 aliphatic heterocycles. The average Bonchev–Trinajstić information content (AvgIpc) is 2.41. The van der Waals surface area contributed by atoms with Crippen LogP contribution in [0.3, 0.4) is 0 Å². The van der Waals surface area contributed by atoms with Crippen LogP contribution in [-0.2, 0) is 4.79 Å². The van der Waals surface area contributed by atoms with Crippen LogP contribution in [0.5, 0.6) is 11.5 Å². The molecule has 1 rings (SSSR count). The largest absolute Gasteiger partial charge is 0.504 e. The van der Waals surface area contributed by atoms with E-state index in [2.05, 4.69) is 5.32 Å². The molecule has 1 aromatic rings. The minimum atomic E-state index is -0.160. The smallest absolute Gasteiger partial charge is 0.243 e. The summed E-state index contributed by atoms with van der Waals surface area (Å²) in [6.07, 6.45) is 4.84. The number of nitrogens with one attached hydrogen (secondary N) is 1. The van der Waals surface area contributed by atoms with Crippen molar-refractivity contribution >= 4 is 12.0 Å². The molecule has 1 aromatic carbocycles. The van der Waals surface area contributed by atoms with E-state index in [1.54, 1.807) is 18.2 Å². The molecule has 5 heteroatoms. The summed E-state index contributed by atoms with van der Waals surface area (Å²) in [5.74, 6) is 0.295. The monoisotopic (exact) mass is 264 g/mol. The van der Waals surface area contributed by atoms with Gasteiger partial charge in [-0.2, -0.15) is 0 Å². The Labute approximate surface area is 113 Å². The van der Waals surface area contributed by atoms with Crippen molar-refractivity contribution in [2.24, 2.45) is 5.73 Å². The lowest BCUT2D eigenvalue weighted by Gasteiger charge is -2.03. The highest BCUT2D eigenvalue weighted by molar-refractivity contribution is 5.91. The van der Waals surface area contributed by atoms with E-state index in [9.17, 15) is 9.90 Å². The number of hydrogen-bond acceptors (Lipinski definition) is 4. The molecule has 0 fully saturated rings. The van der Waals surface area contributed by atoms with E-state index < -0.39 is 0 Å². The number of hydrogen-bond donors (Lipinski definition) is 3. The van der Waals surface area contributed by atoms with Crippen molar-refractivity contribution in [1.29, 1.82) is 0 Å². The Morgan fingerprint density at radius 1 is 1.47 bits per heavy atom. The van der Waals surface area contributed by atoms with Gasteiger partial charge in [-0.1, -0.05) is 6.07 Å². The molecule has 0 radical (unpaired) electrons. The van der Waals surface area contributed by atoms with E-state index >= 15 is 0 Å². The number of ether oxygens (including phenoxy) is 1. The molecule has 0 aliphatic carbocycles. The molecule has 0 saturated carbocycles. The van der Waals surface area contributed by atoms with E-state index in [0.717, 1.165) is 18.4 Å². The molecule has 0 aliphatic rings. The van der Waals surface area contributed by atoms with Gasteiger partial charge in [0, 0.05) is 12.6 Å². The Morgan fingerprint density at radius 3 is 2.89 bits per heavy atom. The molecule has 0 saturated heterocycles. The zero-order chi connectivity index (χ0) is 14.1. The summed E-state index contributed by atoms with van der Waals surface area (Å²) in [5.41, 5.74) is 6.09. The fourth-order valence-electron chi connectivity index (χ4n) is 1.52. The maximum absolute atomic E-state index is 11.5. The summed E-state index contributed by atoms with van der Waals surface area (Å²) < 4.78 is 4.94. The predicted molar refractivity (Wildman–Crippen MR) is 75.0 cm³/mol. The number of unbranched alkanes of at least 4 members (excludes halogenated alkanes) is 1. The molecule has 0 spiro atoms. The first-order valence-corrected chi connectivity index (χ1v) is 6.20. The molecule has 0 aromatic heterocycles. The topological polar surface area (TPSA) is 84.6 Å². The lowest BCUT2D eigenvalue weighted by Crippen LogP contribution is -2.22. The van der Waals surface area contributed by atoms with Gasteiger partial charge in [0.2, 0.25) is 5.91 Å². The number of phenols is 1. The summed E-state index contributed by atoms with van der Waals surface area (Å²) in [5, 5.41) is 12.3. The molecule has 19 heavy (non-hydrogen) atoms. The summed E-state index contributed by atoms with van der Waals surface area (Å²) >= 11 is 0. The Bertz CT molecular complexity index is 444. The highest BCUT2D eigenvalue weighted by Gasteiger charge is 2.00. The summed E-state index contributed by atoms with van der Waals surface area (Å²) in [7, 11) is 1.49. The second-order valence-corrected chi connectivity index (χ2v) is 4.05. The maximum atomic E-state index is 11.5. The predicted octanol–water partition coefficient (Wildman–Crippen LogP) is 1.27. The fourth-order valence-corrected chi connectivity index (χ4v) is 1.52. The number of benzene rings is 1. The SMILES string of the molecule is COc1ccc(/C=C/C(=O)NCCCCN)cc1O. The van der Waals surface area contributed by atoms with Gasteiger partial charge in [0.15, 0.2) is 11.5 Å². The molecule has 0 atom stereocenters. The molecular formula is C14H20N2O3. The van der Waals surface area contributed by atoms with Crippen molar-refractivity contribution in [3.63, 3.8) is 0 Å². The number of methoxy groups -OCH3 is 1. The number of rotatable bonds is 7. The van der Waals surface area contributed by atoms with Crippen molar-refractivity contribution in [2.45, 2.75) is 12.8 Å². The van der Waals surface area contributed by atoms with Crippen molar-refractivity contribution in [3.8, 4) is 11.5 Å². The second kappa shape index (κ2) is 8.16. The van der Waals surface area contributed by atoms with Crippen molar-refractivity contribution < 1.29 is 14.6 Å². The standard InChI is InChI=1S/C14H20N2O3/c1-19-13-6-4-11(10-12(13)17)5-7-14(18)16-9-3-2-8-15/h4-7,10,17H,2-3,8-9,15H2,1H3,(H,16,18)/b7-5+. The molecule has 5 nitrogen and oxygen atoms in total. The first-order chi connectivity index (χ1) is 9.17. The van der Waals surface area contributed by atoms with Crippen LogP contribution >= 0.6 is 0 Å². The third-order valence-corrected chi connectivity index (χ3v) is 2.56. The van der Waals surface area contributed by atoms with E-state index in [-0.39, 0.29) is 11.7 Å². The Hall–Kier alpha value is -2.01. The molecule has 0 bridgehead atoms. The fraction of sp³-hybridized carbons (Fsp3) is 0.357. The Morgan fingerprint density at radius 2 is 2.26 bits per heavy atom. The van der Waals surface area contributed by atoms with Crippen LogP contribution in [0.1, 0.15) is 18.4 Å². The van der Waals surface area contributed by atoms with E-state index in [0.29, 0.717) is 18.8 Å². The van der Waals surface area contributed by atoms with Crippen molar-refractivity contribution in [1.82, 2.24) is 5.32 Å². The molecular weight excluding hydrogens is 244 g/mol. The summed E-state index contributed by atoms with van der Waals surface area (Å²) in [4.78, 5) is 11.5. The van der Waals surface area contributed by atoms with Gasteiger partial charge in [0.1, 0.15) is 0 Å². The first-order valence-electron chi connectivity index (χ1n) is 6.20. The van der Waals surface area contributed by atoms with Gasteiger partial charge in [-0.05, 0) is 43.2 Å². The lowest BCUT2D eigenvalue weighted by molar-refractivity contribution is -0.116. The summed E-state index contributed by atoms with van der Waals surface area (Å²) in [6, 6.07) is 4.95. The van der Waals surface area contributed by atoms with Crippen LogP contribution in [0.4, 0.5) is 0 Å². The van der Waals surface area contributed by atoms with E-state index in [1.807, 2.05) is 0 Å². The molecule has 0 heterocycles. The highest BCUT2D eigenvalue weighted by Crippen LogP contribution is 2.26. The number of phenolic OH excluding ortho intramolecular Hbond substituents is 1. The second-order valence-electron chi connectivity index (χ2n) is 4.05. The third kappa shape index (κ3) is 5.44. The van der Waals surface area contributed by atoms with Crippen LogP contribution in [0.2, 0.25) is 0 Å². The summed E-state index contributed by atoms with van der Waals surface area (Å²) in [6.45, 7) is 1.26. The van der Waals surface area contributed by atoms with Gasteiger partial charge in [-0.15, -0.1) is 0 Å². The maximum Gasteiger partial charge on any atom is 0.243 e. The van der Waals surface area contributed by atoms with Gasteiger partial charge in [-0.25, -0.2) is 0 Å². The number of carbonyl (C=O) groups is 1. The van der Waals surface area contributed by atoms with Crippen LogP contribution in [0.15, 0.2) is 24.3 Å². The number of amides is 1. The third-order valence-electron chi connectivity index (χ3n) is 2.56. The van der Waals surface area contributed by atoms with Crippen molar-refractivity contribution in [2.75, 3.05) is 20.2 Å². The minimum absolute atomic E-state index is 0.0491. The van der Waals surface area contributed by atoms with Crippen LogP contribution in [-0.4, -0.2) is 31.2 Å². The Kier molecular flexibility index (Phi) is 6.46. The van der Waals surface area contributed by atoms with Crippen LogP contribution in [0.25, 0.3) is 6.08 Å². The molecule has 4 N–H and O–H groups in total. The number of carbonyl (C=O) groups excluding carboxylic acids is 1. The molecule has 0 unspecified atom stereocenters. The van der Waals surface area contributed by atoms with Gasteiger partial charge >= 0.3 is 0 Å². The average molecular weight is 264 g/mol. The number of aromatic hydroxyl groups is 1. The highest BCUT2D eigenvalue weighted by atomic mass is 16.5. The van der Waals surface area contributed by atoms with E-state index in [4.69, 9.17) is 10.5 Å². The normalized spacial score (nSPS) is 10.6. The molecule has 104 valence electrons. The number of nitrogens with two attached hydrogens (primary N) is 1. The van der Waals surface area contributed by atoms with Crippen LogP contribution in [0, 0.1) is 0 Å². The van der Waals surface area contributed by atoms with E-state index in [1.165, 1.54) is 19.3 Å². The lowest BCUT2D eigenvalue weighted by atomic mass is 10.2. The van der Waals surface area contributed by atoms with Gasteiger partial charge in [0.25, 0.3) is 0 Å². The van der Waals surface area contributed by atoms with Gasteiger partial charge in [0.05, 0.1) is 7.11 Å². The quantitative estimate of drug-likeness (QED) is 0.511. The van der Waals surface area contributed by atoms with Crippen molar-refractivity contribution in [3.05, 3.63) is 29.8 Å². The Balaban J connectivity index is 2.47. The van der Waals surface area contributed by atoms with Gasteiger partial charge < -0.3 is 20.9 Å². The minimum Gasteiger partial charge on any atom is -0.504 e. The first kappa shape index (κ1) is 15.0. The zero-order valence-corrected chi connectivity index (χ0v) is 11.1. The van der Waals surface area contributed by atoms with Crippen LogP contribution < -0.4 is 15.8 Å². The molecule has 1 amide bonds. The van der Waals surface area contributed by atoms with Gasteiger partial charge in [-0.3, -0.25) is 4.79 Å².